The molecule has 1 aliphatic heterocycles. The molecule has 1 fully saturated rings. The van der Waals surface area contributed by atoms with Crippen LogP contribution in [0.15, 0.2) is 12.3 Å². The summed E-state index contributed by atoms with van der Waals surface area (Å²) in [6.07, 6.45) is 0.239. The van der Waals surface area contributed by atoms with Gasteiger partial charge < -0.3 is 9.47 Å². The van der Waals surface area contributed by atoms with Crippen molar-refractivity contribution in [1.29, 1.82) is 0 Å². The van der Waals surface area contributed by atoms with Crippen LogP contribution in [0.2, 0.25) is 0 Å². The molecule has 0 aliphatic carbocycles. The van der Waals surface area contributed by atoms with E-state index in [1.165, 1.54) is 0 Å². The monoisotopic (exact) mass is 172 g/mol. The van der Waals surface area contributed by atoms with Crippen LogP contribution in [0.3, 0.4) is 0 Å². The molecule has 0 aromatic heterocycles. The summed E-state index contributed by atoms with van der Waals surface area (Å²) in [6.45, 7) is 9.71. The van der Waals surface area contributed by atoms with Crippen molar-refractivity contribution in [2.24, 2.45) is 0 Å². The maximum atomic E-state index is 10.7. The summed E-state index contributed by atoms with van der Waals surface area (Å²) < 4.78 is 9.72. The largest absolute Gasteiger partial charge is 0.484 e. The van der Waals surface area contributed by atoms with E-state index in [0.717, 1.165) is 0 Å². The van der Waals surface area contributed by atoms with Crippen molar-refractivity contribution in [3.8, 4) is 0 Å². The van der Waals surface area contributed by atoms with Crippen LogP contribution in [0, 0.1) is 0 Å². The van der Waals surface area contributed by atoms with Crippen LogP contribution in [0.5, 0.6) is 0 Å². The number of carbonyl (C=O) groups excluding carboxylic acids is 1. The molecule has 3 heteroatoms. The van der Waals surface area contributed by atoms with Gasteiger partial charge in [0.15, 0.2) is 6.10 Å². The van der Waals surface area contributed by atoms with E-state index in [2.05, 4.69) is 11.3 Å². The van der Waals surface area contributed by atoms with E-state index in [9.17, 15) is 4.79 Å². The van der Waals surface area contributed by atoms with Gasteiger partial charge in [-0.1, -0.05) is 20.4 Å². The van der Waals surface area contributed by atoms with E-state index >= 15 is 0 Å². The van der Waals surface area contributed by atoms with Crippen molar-refractivity contribution in [2.75, 3.05) is 6.61 Å². The van der Waals surface area contributed by atoms with Crippen LogP contribution in [0.25, 0.3) is 0 Å². The Hall–Kier alpha value is -0.990. The van der Waals surface area contributed by atoms with E-state index in [0.29, 0.717) is 18.8 Å². The first-order valence-electron chi connectivity index (χ1n) is 4.19. The molecule has 0 radical (unpaired) electrons. The van der Waals surface area contributed by atoms with Gasteiger partial charge in [-0.2, -0.15) is 0 Å². The second-order valence-corrected chi connectivity index (χ2v) is 2.26. The number of carbonyl (C=O) groups is 1. The van der Waals surface area contributed by atoms with E-state index in [1.807, 2.05) is 13.8 Å². The average Bonchev–Trinajstić information content (AvgIpc) is 2.40. The van der Waals surface area contributed by atoms with Gasteiger partial charge in [-0.05, 0) is 6.92 Å². The molecular formula is C9H16O3. The molecular weight excluding hydrogens is 156 g/mol. The molecule has 0 aromatic rings. The Kier molecular flexibility index (Phi) is 5.17. The third-order valence-corrected chi connectivity index (χ3v) is 1.23. The Morgan fingerprint density at radius 1 is 1.67 bits per heavy atom. The molecule has 1 atom stereocenters. The number of ether oxygens (including phenoxy) is 2. The molecule has 0 N–H and O–H groups in total. The minimum atomic E-state index is -0.405. The Labute approximate surface area is 73.4 Å². The molecule has 0 amide bonds. The number of cyclic esters (lactones) is 1. The molecule has 0 bridgehead atoms. The molecule has 1 unspecified atom stereocenters. The summed E-state index contributed by atoms with van der Waals surface area (Å²) in [4.78, 5) is 10.7. The normalized spacial score (nSPS) is 20.6. The fraction of sp³-hybridized carbons (Fsp3) is 0.667. The predicted octanol–water partition coefficient (Wildman–Crippen LogP) is 1.88. The molecule has 1 saturated heterocycles. The van der Waals surface area contributed by atoms with Gasteiger partial charge in [0.1, 0.15) is 0 Å². The Morgan fingerprint density at radius 3 is 2.58 bits per heavy atom. The molecule has 12 heavy (non-hydrogen) atoms. The van der Waals surface area contributed by atoms with Crippen LogP contribution in [-0.4, -0.2) is 18.7 Å². The van der Waals surface area contributed by atoms with E-state index in [1.54, 1.807) is 6.92 Å². The van der Waals surface area contributed by atoms with Crippen LogP contribution in [0.1, 0.15) is 27.2 Å². The number of allylic oxidation sites excluding steroid dienone is 1. The van der Waals surface area contributed by atoms with Gasteiger partial charge in [0.05, 0.1) is 12.4 Å². The van der Waals surface area contributed by atoms with Crippen molar-refractivity contribution >= 4 is 5.97 Å². The van der Waals surface area contributed by atoms with Crippen molar-refractivity contribution in [2.45, 2.75) is 33.3 Å². The average molecular weight is 172 g/mol. The zero-order valence-electron chi connectivity index (χ0n) is 7.92. The summed E-state index contributed by atoms with van der Waals surface area (Å²) in [7, 11) is 0. The molecule has 0 saturated carbocycles. The lowest BCUT2D eigenvalue weighted by molar-refractivity contribution is -0.145. The minimum absolute atomic E-state index is 0.275. The molecule has 1 rings (SSSR count). The molecule has 0 spiro atoms. The van der Waals surface area contributed by atoms with Gasteiger partial charge in [0, 0.05) is 6.42 Å². The number of rotatable bonds is 2. The van der Waals surface area contributed by atoms with Gasteiger partial charge in [-0.25, -0.2) is 4.79 Å². The SMILES string of the molecule is C=C(C)OC1CCOC1=O.CC. The smallest absolute Gasteiger partial charge is 0.347 e. The zero-order chi connectivity index (χ0) is 9.56. The maximum absolute atomic E-state index is 10.7. The van der Waals surface area contributed by atoms with Gasteiger partial charge in [-0.15, -0.1) is 0 Å². The topological polar surface area (TPSA) is 35.5 Å². The highest BCUT2D eigenvalue weighted by Crippen LogP contribution is 2.12. The van der Waals surface area contributed by atoms with Crippen LogP contribution < -0.4 is 0 Å². The van der Waals surface area contributed by atoms with E-state index in [4.69, 9.17) is 4.74 Å². The summed E-state index contributed by atoms with van der Waals surface area (Å²) in [5, 5.41) is 0. The summed E-state index contributed by atoms with van der Waals surface area (Å²) in [5.41, 5.74) is 0. The van der Waals surface area contributed by atoms with Gasteiger partial charge >= 0.3 is 5.97 Å². The number of hydrogen-bond acceptors (Lipinski definition) is 3. The Balaban J connectivity index is 0.000000561. The first-order valence-corrected chi connectivity index (χ1v) is 4.19. The number of esters is 1. The van der Waals surface area contributed by atoms with Crippen molar-refractivity contribution in [1.82, 2.24) is 0 Å². The van der Waals surface area contributed by atoms with Crippen molar-refractivity contribution in [3.05, 3.63) is 12.3 Å². The highest BCUT2D eigenvalue weighted by molar-refractivity contribution is 5.76. The van der Waals surface area contributed by atoms with E-state index < -0.39 is 6.10 Å². The lowest BCUT2D eigenvalue weighted by Gasteiger charge is -2.07. The fourth-order valence-corrected chi connectivity index (χ4v) is 0.827. The lowest BCUT2D eigenvalue weighted by Crippen LogP contribution is -2.16. The van der Waals surface area contributed by atoms with Gasteiger partial charge in [0.2, 0.25) is 0 Å². The lowest BCUT2D eigenvalue weighted by atomic mass is 10.3. The third-order valence-electron chi connectivity index (χ3n) is 1.23. The van der Waals surface area contributed by atoms with Gasteiger partial charge in [0.25, 0.3) is 0 Å². The van der Waals surface area contributed by atoms with Crippen LogP contribution in [0.4, 0.5) is 0 Å². The molecule has 3 nitrogen and oxygen atoms in total. The molecule has 0 aromatic carbocycles. The molecule has 70 valence electrons. The standard InChI is InChI=1S/C7H10O3.C2H6/c1-5(2)10-6-3-4-9-7(6)8;1-2/h6H,1,3-4H2,2H3;1-2H3. The van der Waals surface area contributed by atoms with Gasteiger partial charge in [-0.3, -0.25) is 0 Å². The first kappa shape index (κ1) is 11.0. The zero-order valence-corrected chi connectivity index (χ0v) is 7.92. The first-order chi connectivity index (χ1) is 5.70. The minimum Gasteiger partial charge on any atom is -0.484 e. The summed E-state index contributed by atoms with van der Waals surface area (Å²) in [6, 6.07) is 0. The van der Waals surface area contributed by atoms with Crippen molar-refractivity contribution in [3.63, 3.8) is 0 Å². The maximum Gasteiger partial charge on any atom is 0.347 e. The van der Waals surface area contributed by atoms with Crippen LogP contribution >= 0.6 is 0 Å². The fourth-order valence-electron chi connectivity index (χ4n) is 0.827. The quantitative estimate of drug-likeness (QED) is 0.471. The predicted molar refractivity (Wildman–Crippen MR) is 46.6 cm³/mol. The van der Waals surface area contributed by atoms with E-state index in [-0.39, 0.29) is 5.97 Å². The Morgan fingerprint density at radius 2 is 2.25 bits per heavy atom. The third kappa shape index (κ3) is 3.42. The molecule has 1 heterocycles. The second-order valence-electron chi connectivity index (χ2n) is 2.26. The summed E-state index contributed by atoms with van der Waals surface area (Å²) in [5.74, 6) is 0.284. The van der Waals surface area contributed by atoms with Crippen LogP contribution in [-0.2, 0) is 14.3 Å². The second kappa shape index (κ2) is 5.63. The Bertz CT molecular complexity index is 163. The molecule has 1 aliphatic rings. The summed E-state index contributed by atoms with van der Waals surface area (Å²) >= 11 is 0. The highest BCUT2D eigenvalue weighted by Gasteiger charge is 2.27. The highest BCUT2D eigenvalue weighted by atomic mass is 16.6. The van der Waals surface area contributed by atoms with Crippen molar-refractivity contribution < 1.29 is 14.3 Å². The number of hydrogen-bond donors (Lipinski definition) is 0.